The molecule has 0 radical (unpaired) electrons. The van der Waals surface area contributed by atoms with Crippen LogP contribution in [0.15, 0.2) is 18.2 Å². The normalized spacial score (nSPS) is 24.8. The molecule has 4 nitrogen and oxygen atoms in total. The van der Waals surface area contributed by atoms with E-state index in [1.807, 2.05) is 6.07 Å². The van der Waals surface area contributed by atoms with Crippen molar-refractivity contribution >= 4 is 18.5 Å². The molecule has 1 heterocycles. The van der Waals surface area contributed by atoms with Gasteiger partial charge in [-0.3, -0.25) is 4.90 Å². The van der Waals surface area contributed by atoms with Gasteiger partial charge in [0, 0.05) is 26.1 Å². The molecule has 5 heteroatoms. The van der Waals surface area contributed by atoms with Crippen LogP contribution in [0.3, 0.4) is 0 Å². The summed E-state index contributed by atoms with van der Waals surface area (Å²) in [4.78, 5) is 16.3. The molecule has 4 rings (SSSR count). The Morgan fingerprint density at radius 3 is 2.68 bits per heavy atom. The van der Waals surface area contributed by atoms with Crippen molar-refractivity contribution in [1.29, 1.82) is 0 Å². The van der Waals surface area contributed by atoms with E-state index in [0.717, 1.165) is 18.1 Å². The summed E-state index contributed by atoms with van der Waals surface area (Å²) in [5.41, 5.74) is 2.69. The van der Waals surface area contributed by atoms with E-state index in [9.17, 15) is 4.79 Å². The summed E-state index contributed by atoms with van der Waals surface area (Å²) in [5, 5.41) is 0. The van der Waals surface area contributed by atoms with Gasteiger partial charge in [0.05, 0.1) is 0 Å². The van der Waals surface area contributed by atoms with E-state index in [-0.39, 0.29) is 18.5 Å². The van der Waals surface area contributed by atoms with Gasteiger partial charge in [0.1, 0.15) is 5.75 Å². The maximum absolute atomic E-state index is 12.0. The molecule has 28 heavy (non-hydrogen) atoms. The Kier molecular flexibility index (Phi) is 7.27. The maximum atomic E-state index is 12.0. The minimum Gasteiger partial charge on any atom is -0.410 e. The van der Waals surface area contributed by atoms with Gasteiger partial charge >= 0.3 is 6.09 Å². The topological polar surface area (TPSA) is 32.8 Å². The molecule has 156 valence electrons. The first-order valence-electron chi connectivity index (χ1n) is 10.9. The van der Waals surface area contributed by atoms with Gasteiger partial charge in [-0.15, -0.1) is 12.4 Å². The molecular weight excluding hydrogens is 372 g/mol. The number of nitrogens with zero attached hydrogens (tertiary/aromatic N) is 2. The predicted molar refractivity (Wildman–Crippen MR) is 116 cm³/mol. The highest BCUT2D eigenvalue weighted by molar-refractivity contribution is 5.85. The monoisotopic (exact) mass is 406 g/mol. The molecule has 0 aromatic heterocycles. The molecule has 0 spiro atoms. The van der Waals surface area contributed by atoms with Crippen LogP contribution in [0.5, 0.6) is 5.75 Å². The SMILES string of the molecule is CN(C)C(=O)Oc1cccc2c1CCC1C2CCN1CCC1CCCCC1.Cl. The van der Waals surface area contributed by atoms with Crippen molar-refractivity contribution in [1.82, 2.24) is 9.80 Å². The van der Waals surface area contributed by atoms with Crippen LogP contribution in [0, 0.1) is 5.92 Å². The summed E-state index contributed by atoms with van der Waals surface area (Å²) in [6, 6.07) is 6.96. The Balaban J connectivity index is 0.00000225. The summed E-state index contributed by atoms with van der Waals surface area (Å²) < 4.78 is 5.65. The standard InChI is InChI=1S/C23H34N2O2.ClH/c1-24(2)23(26)27-22-10-6-9-18-19-14-16-25(21(19)12-11-20(18)22)15-13-17-7-4-3-5-8-17;/h6,9-10,17,19,21H,3-5,7-8,11-16H2,1-2H3;1H. The van der Waals surface area contributed by atoms with Gasteiger partial charge in [-0.05, 0) is 61.9 Å². The first-order valence-corrected chi connectivity index (χ1v) is 10.9. The Morgan fingerprint density at radius 1 is 1.14 bits per heavy atom. The van der Waals surface area contributed by atoms with Crippen LogP contribution in [-0.2, 0) is 6.42 Å². The minimum absolute atomic E-state index is 0. The highest BCUT2D eigenvalue weighted by Gasteiger charge is 2.39. The fourth-order valence-electron chi connectivity index (χ4n) is 5.54. The van der Waals surface area contributed by atoms with Gasteiger partial charge in [0.25, 0.3) is 0 Å². The average Bonchev–Trinajstić information content (AvgIpc) is 3.11. The Labute approximate surface area is 176 Å². The Hall–Kier alpha value is -1.26. The summed E-state index contributed by atoms with van der Waals surface area (Å²) >= 11 is 0. The lowest BCUT2D eigenvalue weighted by molar-refractivity contribution is 0.170. The second-order valence-electron chi connectivity index (χ2n) is 8.92. The van der Waals surface area contributed by atoms with Crippen LogP contribution >= 0.6 is 12.4 Å². The van der Waals surface area contributed by atoms with Gasteiger partial charge in [-0.25, -0.2) is 4.79 Å². The van der Waals surface area contributed by atoms with Crippen molar-refractivity contribution in [3.05, 3.63) is 29.3 Å². The highest BCUT2D eigenvalue weighted by Crippen LogP contribution is 2.44. The predicted octanol–water partition coefficient (Wildman–Crippen LogP) is 5.24. The number of hydrogen-bond acceptors (Lipinski definition) is 3. The van der Waals surface area contributed by atoms with E-state index < -0.39 is 0 Å². The number of hydrogen-bond donors (Lipinski definition) is 0. The molecule has 2 aliphatic carbocycles. The quantitative estimate of drug-likeness (QED) is 0.685. The third-order valence-electron chi connectivity index (χ3n) is 7.03. The first kappa shape index (κ1) is 21.4. The number of carbonyl (C=O) groups excluding carboxylic acids is 1. The van der Waals surface area contributed by atoms with E-state index >= 15 is 0 Å². The number of ether oxygens (including phenoxy) is 1. The smallest absolute Gasteiger partial charge is 0.410 e. The fraction of sp³-hybridized carbons (Fsp3) is 0.696. The zero-order chi connectivity index (χ0) is 18.8. The summed E-state index contributed by atoms with van der Waals surface area (Å²) in [5.74, 6) is 2.34. The number of amides is 1. The average molecular weight is 407 g/mol. The summed E-state index contributed by atoms with van der Waals surface area (Å²) in [7, 11) is 3.46. The van der Waals surface area contributed by atoms with Crippen molar-refractivity contribution in [2.24, 2.45) is 5.92 Å². The second kappa shape index (κ2) is 9.49. The van der Waals surface area contributed by atoms with Crippen LogP contribution in [-0.4, -0.2) is 49.1 Å². The Bertz CT molecular complexity index is 673. The molecule has 1 aromatic carbocycles. The van der Waals surface area contributed by atoms with Crippen molar-refractivity contribution in [2.75, 3.05) is 27.2 Å². The van der Waals surface area contributed by atoms with Crippen molar-refractivity contribution in [2.45, 2.75) is 69.7 Å². The van der Waals surface area contributed by atoms with Crippen molar-refractivity contribution in [3.8, 4) is 5.75 Å². The molecule has 1 saturated carbocycles. The third kappa shape index (κ3) is 4.49. The van der Waals surface area contributed by atoms with Crippen molar-refractivity contribution in [3.63, 3.8) is 0 Å². The van der Waals surface area contributed by atoms with E-state index in [0.29, 0.717) is 12.0 Å². The third-order valence-corrected chi connectivity index (χ3v) is 7.03. The molecule has 3 aliphatic rings. The molecule has 0 N–H and O–H groups in total. The van der Waals surface area contributed by atoms with Gasteiger partial charge in [0.15, 0.2) is 0 Å². The van der Waals surface area contributed by atoms with Crippen LogP contribution in [0.4, 0.5) is 4.79 Å². The van der Waals surface area contributed by atoms with E-state index in [4.69, 9.17) is 4.74 Å². The van der Waals surface area contributed by atoms with E-state index in [1.165, 1.54) is 80.5 Å². The van der Waals surface area contributed by atoms with Gasteiger partial charge in [-0.2, -0.15) is 0 Å². The molecule has 2 fully saturated rings. The lowest BCUT2D eigenvalue weighted by atomic mass is 9.79. The van der Waals surface area contributed by atoms with Gasteiger partial charge < -0.3 is 9.64 Å². The molecule has 1 aromatic rings. The molecule has 2 atom stereocenters. The minimum atomic E-state index is -0.286. The largest absolute Gasteiger partial charge is 0.414 e. The molecule has 2 unspecified atom stereocenters. The molecule has 1 saturated heterocycles. The number of halogens is 1. The van der Waals surface area contributed by atoms with Crippen molar-refractivity contribution < 1.29 is 9.53 Å². The molecule has 0 bridgehead atoms. The first-order chi connectivity index (χ1) is 13.1. The number of fused-ring (bicyclic) bond motifs is 3. The molecule has 1 amide bonds. The van der Waals surface area contributed by atoms with Crippen LogP contribution < -0.4 is 4.74 Å². The number of likely N-dealkylation sites (tertiary alicyclic amines) is 1. The number of rotatable bonds is 4. The highest BCUT2D eigenvalue weighted by atomic mass is 35.5. The summed E-state index contributed by atoms with van der Waals surface area (Å²) in [6.45, 7) is 2.50. The zero-order valence-corrected chi connectivity index (χ0v) is 18.2. The molecule has 1 aliphatic heterocycles. The second-order valence-corrected chi connectivity index (χ2v) is 8.92. The van der Waals surface area contributed by atoms with Crippen LogP contribution in [0.1, 0.15) is 68.4 Å². The van der Waals surface area contributed by atoms with Crippen LogP contribution in [0.25, 0.3) is 0 Å². The zero-order valence-electron chi connectivity index (χ0n) is 17.4. The van der Waals surface area contributed by atoms with E-state index in [2.05, 4.69) is 17.0 Å². The lowest BCUT2D eigenvalue weighted by Gasteiger charge is -2.35. The Morgan fingerprint density at radius 2 is 1.93 bits per heavy atom. The van der Waals surface area contributed by atoms with Gasteiger partial charge in [0.2, 0.25) is 0 Å². The number of carbonyl (C=O) groups is 1. The van der Waals surface area contributed by atoms with E-state index in [1.54, 1.807) is 14.1 Å². The summed E-state index contributed by atoms with van der Waals surface area (Å²) in [6.07, 6.45) is 11.8. The number of benzene rings is 1. The van der Waals surface area contributed by atoms with Gasteiger partial charge in [-0.1, -0.05) is 44.2 Å². The van der Waals surface area contributed by atoms with Crippen LogP contribution in [0.2, 0.25) is 0 Å². The maximum Gasteiger partial charge on any atom is 0.414 e. The fourth-order valence-corrected chi connectivity index (χ4v) is 5.54. The molecular formula is C23H35ClN2O2. The lowest BCUT2D eigenvalue weighted by Crippen LogP contribution is -2.36.